The summed E-state index contributed by atoms with van der Waals surface area (Å²) >= 11 is 0. The second kappa shape index (κ2) is 8.15. The average molecular weight is 288 g/mol. The lowest BCUT2D eigenvalue weighted by molar-refractivity contribution is 0.0956. The number of carbonyl (C=O) groups excluding carboxylic acids is 1. The number of rotatable bonds is 7. The summed E-state index contributed by atoms with van der Waals surface area (Å²) in [6.45, 7) is 8.04. The van der Waals surface area contributed by atoms with Gasteiger partial charge in [-0.2, -0.15) is 5.26 Å². The molecule has 0 aliphatic carbocycles. The predicted octanol–water partition coefficient (Wildman–Crippen LogP) is 2.39. The topological polar surface area (TPSA) is 82.2 Å². The molecule has 0 spiro atoms. The van der Waals surface area contributed by atoms with Gasteiger partial charge in [-0.1, -0.05) is 13.8 Å². The number of anilines is 2. The van der Waals surface area contributed by atoms with Crippen molar-refractivity contribution in [2.24, 2.45) is 5.92 Å². The van der Waals surface area contributed by atoms with Gasteiger partial charge in [0.25, 0.3) is 5.91 Å². The Kier molecular flexibility index (Phi) is 6.54. The van der Waals surface area contributed by atoms with E-state index in [1.165, 1.54) is 0 Å². The molecule has 114 valence electrons. The monoisotopic (exact) mass is 288 g/mol. The van der Waals surface area contributed by atoms with E-state index in [1.807, 2.05) is 13.0 Å². The van der Waals surface area contributed by atoms with Crippen LogP contribution in [-0.2, 0) is 0 Å². The minimum Gasteiger partial charge on any atom is -0.399 e. The zero-order valence-corrected chi connectivity index (χ0v) is 13.0. The summed E-state index contributed by atoms with van der Waals surface area (Å²) in [6, 6.07) is 7.44. The van der Waals surface area contributed by atoms with Crippen LogP contribution in [0.3, 0.4) is 0 Å². The summed E-state index contributed by atoms with van der Waals surface area (Å²) in [4.78, 5) is 14.3. The zero-order valence-electron chi connectivity index (χ0n) is 13.0. The number of nitrogens with two attached hydrogens (primary N) is 1. The molecule has 0 aliphatic heterocycles. The van der Waals surface area contributed by atoms with Crippen molar-refractivity contribution in [3.8, 4) is 6.07 Å². The third-order valence-corrected chi connectivity index (χ3v) is 3.02. The molecule has 1 aromatic carbocycles. The van der Waals surface area contributed by atoms with Crippen molar-refractivity contribution in [1.29, 1.82) is 5.26 Å². The molecule has 1 amide bonds. The van der Waals surface area contributed by atoms with Gasteiger partial charge >= 0.3 is 0 Å². The van der Waals surface area contributed by atoms with Gasteiger partial charge in [-0.15, -0.1) is 0 Å². The number of amides is 1. The molecule has 5 heteroatoms. The Bertz CT molecular complexity index is 519. The summed E-state index contributed by atoms with van der Waals surface area (Å²) < 4.78 is 0. The maximum absolute atomic E-state index is 12.2. The number of nitrogens with one attached hydrogen (secondary N) is 1. The van der Waals surface area contributed by atoms with Crippen molar-refractivity contribution in [2.45, 2.75) is 27.2 Å². The Hall–Kier alpha value is -2.22. The van der Waals surface area contributed by atoms with Gasteiger partial charge in [-0.25, -0.2) is 0 Å². The summed E-state index contributed by atoms with van der Waals surface area (Å²) in [7, 11) is 0. The highest BCUT2D eigenvalue weighted by atomic mass is 16.1. The Morgan fingerprint density at radius 1 is 1.48 bits per heavy atom. The molecule has 1 aromatic rings. The number of hydrogen-bond donors (Lipinski definition) is 2. The predicted molar refractivity (Wildman–Crippen MR) is 86.1 cm³/mol. The Balaban J connectivity index is 3.17. The molecular weight excluding hydrogens is 264 g/mol. The molecule has 0 radical (unpaired) electrons. The third-order valence-electron chi connectivity index (χ3n) is 3.02. The maximum Gasteiger partial charge on any atom is 0.253 e. The van der Waals surface area contributed by atoms with Gasteiger partial charge in [0.2, 0.25) is 0 Å². The average Bonchev–Trinajstić information content (AvgIpc) is 2.43. The van der Waals surface area contributed by atoms with E-state index >= 15 is 0 Å². The van der Waals surface area contributed by atoms with Crippen molar-refractivity contribution in [1.82, 2.24) is 5.32 Å². The Morgan fingerprint density at radius 3 is 2.76 bits per heavy atom. The van der Waals surface area contributed by atoms with Gasteiger partial charge in [0.15, 0.2) is 0 Å². The lowest BCUT2D eigenvalue weighted by Crippen LogP contribution is -2.32. The number of nitrogens with zero attached hydrogens (tertiary/aromatic N) is 2. The van der Waals surface area contributed by atoms with Crippen LogP contribution >= 0.6 is 0 Å². The van der Waals surface area contributed by atoms with Crippen molar-refractivity contribution in [3.63, 3.8) is 0 Å². The first-order valence-corrected chi connectivity index (χ1v) is 7.29. The molecule has 0 fully saturated rings. The van der Waals surface area contributed by atoms with Gasteiger partial charge in [0.1, 0.15) is 0 Å². The zero-order chi connectivity index (χ0) is 15.8. The standard InChI is InChI=1S/C16H24N4O/c1-4-19-16(21)14-7-6-13(18)10-15(14)20(9-5-8-17)11-12(2)3/h6-7,10,12H,4-5,9,11,18H2,1-3H3,(H,19,21). The quantitative estimate of drug-likeness (QED) is 0.755. The molecule has 21 heavy (non-hydrogen) atoms. The molecule has 0 saturated heterocycles. The van der Waals surface area contributed by atoms with Crippen molar-refractivity contribution < 1.29 is 4.79 Å². The minimum absolute atomic E-state index is 0.113. The normalized spacial score (nSPS) is 10.2. The van der Waals surface area contributed by atoms with Gasteiger partial charge < -0.3 is 16.0 Å². The highest BCUT2D eigenvalue weighted by Crippen LogP contribution is 2.25. The SMILES string of the molecule is CCNC(=O)c1ccc(N)cc1N(CCC#N)CC(C)C. The lowest BCUT2D eigenvalue weighted by atomic mass is 10.1. The van der Waals surface area contributed by atoms with Crippen molar-refractivity contribution in [3.05, 3.63) is 23.8 Å². The van der Waals surface area contributed by atoms with E-state index in [4.69, 9.17) is 11.0 Å². The van der Waals surface area contributed by atoms with Crippen LogP contribution in [0.2, 0.25) is 0 Å². The fourth-order valence-electron chi connectivity index (χ4n) is 2.19. The van der Waals surface area contributed by atoms with E-state index < -0.39 is 0 Å². The van der Waals surface area contributed by atoms with E-state index in [2.05, 4.69) is 30.1 Å². The maximum atomic E-state index is 12.2. The fourth-order valence-corrected chi connectivity index (χ4v) is 2.19. The molecule has 0 saturated carbocycles. The molecule has 0 bridgehead atoms. The van der Waals surface area contributed by atoms with Crippen LogP contribution < -0.4 is 16.0 Å². The number of hydrogen-bond acceptors (Lipinski definition) is 4. The molecule has 1 rings (SSSR count). The fraction of sp³-hybridized carbons (Fsp3) is 0.500. The number of carbonyl (C=O) groups is 1. The lowest BCUT2D eigenvalue weighted by Gasteiger charge is -2.28. The minimum atomic E-state index is -0.113. The molecule has 5 nitrogen and oxygen atoms in total. The Morgan fingerprint density at radius 2 is 2.19 bits per heavy atom. The molecule has 3 N–H and O–H groups in total. The highest BCUT2D eigenvalue weighted by molar-refractivity contribution is 6.00. The van der Waals surface area contributed by atoms with Gasteiger partial charge in [-0.05, 0) is 31.0 Å². The second-order valence-corrected chi connectivity index (χ2v) is 5.38. The number of nitriles is 1. The summed E-state index contributed by atoms with van der Waals surface area (Å²) in [5.41, 5.74) is 7.89. The third kappa shape index (κ3) is 4.99. The first kappa shape index (κ1) is 16.8. The van der Waals surface area contributed by atoms with E-state index in [9.17, 15) is 4.79 Å². The number of benzene rings is 1. The van der Waals surface area contributed by atoms with Crippen LogP contribution in [0, 0.1) is 17.2 Å². The smallest absolute Gasteiger partial charge is 0.253 e. The molecule has 0 aromatic heterocycles. The van der Waals surface area contributed by atoms with Crippen LogP contribution in [0.4, 0.5) is 11.4 Å². The van der Waals surface area contributed by atoms with E-state index in [0.29, 0.717) is 36.7 Å². The molecule has 0 heterocycles. The van der Waals surface area contributed by atoms with Crippen LogP contribution in [0.25, 0.3) is 0 Å². The van der Waals surface area contributed by atoms with E-state index in [0.717, 1.165) is 12.2 Å². The van der Waals surface area contributed by atoms with Crippen LogP contribution in [0.15, 0.2) is 18.2 Å². The van der Waals surface area contributed by atoms with Crippen LogP contribution in [-0.4, -0.2) is 25.5 Å². The first-order valence-electron chi connectivity index (χ1n) is 7.29. The van der Waals surface area contributed by atoms with Gasteiger partial charge in [-0.3, -0.25) is 4.79 Å². The van der Waals surface area contributed by atoms with Crippen LogP contribution in [0.1, 0.15) is 37.6 Å². The molecular formula is C16H24N4O. The molecule has 0 unspecified atom stereocenters. The molecule has 0 atom stereocenters. The van der Waals surface area contributed by atoms with Gasteiger partial charge in [0, 0.05) is 25.3 Å². The van der Waals surface area contributed by atoms with Crippen molar-refractivity contribution in [2.75, 3.05) is 30.3 Å². The largest absolute Gasteiger partial charge is 0.399 e. The Labute approximate surface area is 126 Å². The van der Waals surface area contributed by atoms with Crippen molar-refractivity contribution >= 4 is 17.3 Å². The summed E-state index contributed by atoms with van der Waals surface area (Å²) in [5.74, 6) is 0.311. The van der Waals surface area contributed by atoms with Gasteiger partial charge in [0.05, 0.1) is 23.7 Å². The van der Waals surface area contributed by atoms with Crippen LogP contribution in [0.5, 0.6) is 0 Å². The number of nitrogen functional groups attached to an aromatic ring is 1. The highest BCUT2D eigenvalue weighted by Gasteiger charge is 2.17. The second-order valence-electron chi connectivity index (χ2n) is 5.38. The summed E-state index contributed by atoms with van der Waals surface area (Å²) in [5, 5.41) is 11.6. The van der Waals surface area contributed by atoms with E-state index in [-0.39, 0.29) is 5.91 Å². The summed E-state index contributed by atoms with van der Waals surface area (Å²) in [6.07, 6.45) is 0.413. The molecule has 0 aliphatic rings. The van der Waals surface area contributed by atoms with E-state index in [1.54, 1.807) is 12.1 Å². The first-order chi connectivity index (χ1) is 9.99.